The Hall–Kier alpha value is 0. The van der Waals surface area contributed by atoms with Crippen LogP contribution in [0.4, 0.5) is 0 Å². The summed E-state index contributed by atoms with van der Waals surface area (Å²) in [5, 5.41) is 0. The first-order valence-electron chi connectivity index (χ1n) is 4.96. The molecule has 0 bridgehead atoms. The Morgan fingerprint density at radius 1 is 1.00 bits per heavy atom. The Morgan fingerprint density at radius 2 is 1.64 bits per heavy atom. The zero-order valence-electron chi connectivity index (χ0n) is 8.56. The number of unbranched alkanes of at least 4 members (excludes halogenated alkanes) is 2. The summed E-state index contributed by atoms with van der Waals surface area (Å²) >= 11 is 0. The minimum atomic E-state index is 0.772. The molecule has 0 aliphatic carbocycles. The number of hydrogen-bond acceptors (Lipinski definition) is 0. The normalized spacial score (nSPS) is 11.5. The first-order chi connectivity index (χ1) is 5.13. The van der Waals surface area contributed by atoms with E-state index in [1.807, 2.05) is 0 Å². The molecule has 0 heteroatoms. The lowest BCUT2D eigenvalue weighted by atomic mass is 10.0. The highest BCUT2D eigenvalue weighted by Crippen LogP contribution is 2.11. The molecule has 0 nitrogen and oxygen atoms in total. The van der Waals surface area contributed by atoms with Crippen molar-refractivity contribution >= 4 is 0 Å². The summed E-state index contributed by atoms with van der Waals surface area (Å²) in [5.41, 5.74) is 0. The lowest BCUT2D eigenvalue weighted by molar-refractivity contribution is 0.528. The van der Waals surface area contributed by atoms with Gasteiger partial charge >= 0.3 is 0 Å². The largest absolute Gasteiger partial charge is 0.0628 e. The van der Waals surface area contributed by atoms with Crippen molar-refractivity contribution in [3.05, 3.63) is 6.42 Å². The van der Waals surface area contributed by atoms with Crippen LogP contribution in [0.5, 0.6) is 0 Å². The highest BCUT2D eigenvalue weighted by molar-refractivity contribution is 4.68. The first kappa shape index (κ1) is 11.0. The summed E-state index contributed by atoms with van der Waals surface area (Å²) in [7, 11) is 0. The maximum Gasteiger partial charge on any atom is -0.0360 e. The topological polar surface area (TPSA) is 0 Å². The fourth-order valence-electron chi connectivity index (χ4n) is 1.15. The van der Waals surface area contributed by atoms with E-state index in [9.17, 15) is 0 Å². The molecule has 0 N–H and O–H groups in total. The number of rotatable bonds is 6. The average molecular weight is 155 g/mol. The molecule has 0 saturated heterocycles. The molecule has 11 heavy (non-hydrogen) atoms. The van der Waals surface area contributed by atoms with Gasteiger partial charge in [0.1, 0.15) is 0 Å². The zero-order chi connectivity index (χ0) is 8.69. The molecule has 0 heterocycles. The highest BCUT2D eigenvalue weighted by Gasteiger charge is 1.96. The van der Waals surface area contributed by atoms with Gasteiger partial charge in [-0.25, -0.2) is 0 Å². The maximum atomic E-state index is 2.42. The lowest BCUT2D eigenvalue weighted by Crippen LogP contribution is -1.90. The SMILES string of the molecule is CC(C)[CH]CCCCC(C)C. The van der Waals surface area contributed by atoms with Gasteiger partial charge in [0, 0.05) is 0 Å². The van der Waals surface area contributed by atoms with Crippen molar-refractivity contribution in [1.82, 2.24) is 0 Å². The van der Waals surface area contributed by atoms with Gasteiger partial charge < -0.3 is 0 Å². The van der Waals surface area contributed by atoms with Gasteiger partial charge in [0.25, 0.3) is 0 Å². The van der Waals surface area contributed by atoms with Crippen LogP contribution >= 0.6 is 0 Å². The third kappa shape index (κ3) is 10.0. The Morgan fingerprint density at radius 3 is 2.09 bits per heavy atom. The summed E-state index contributed by atoms with van der Waals surface area (Å²) in [6, 6.07) is 0. The summed E-state index contributed by atoms with van der Waals surface area (Å²) in [6.07, 6.45) is 7.91. The molecule has 0 aliphatic rings. The van der Waals surface area contributed by atoms with Crippen LogP contribution in [0.2, 0.25) is 0 Å². The van der Waals surface area contributed by atoms with Crippen LogP contribution in [0.15, 0.2) is 0 Å². The van der Waals surface area contributed by atoms with Gasteiger partial charge in [-0.05, 0) is 24.7 Å². The van der Waals surface area contributed by atoms with E-state index in [1.54, 1.807) is 0 Å². The minimum absolute atomic E-state index is 0.772. The summed E-state index contributed by atoms with van der Waals surface area (Å²) < 4.78 is 0. The molecule has 0 saturated carbocycles. The van der Waals surface area contributed by atoms with Gasteiger partial charge in [-0.15, -0.1) is 0 Å². The van der Waals surface area contributed by atoms with Crippen molar-refractivity contribution in [3.8, 4) is 0 Å². The van der Waals surface area contributed by atoms with Crippen LogP contribution in [0.25, 0.3) is 0 Å². The molecule has 0 fully saturated rings. The van der Waals surface area contributed by atoms with E-state index < -0.39 is 0 Å². The Labute approximate surface area is 72.4 Å². The van der Waals surface area contributed by atoms with Crippen molar-refractivity contribution in [2.24, 2.45) is 11.8 Å². The van der Waals surface area contributed by atoms with Gasteiger partial charge in [0.05, 0.1) is 0 Å². The molecule has 0 spiro atoms. The molecule has 0 unspecified atom stereocenters. The lowest BCUT2D eigenvalue weighted by Gasteiger charge is -2.05. The van der Waals surface area contributed by atoms with Gasteiger partial charge in [-0.1, -0.05) is 47.0 Å². The fraction of sp³-hybridized carbons (Fsp3) is 0.909. The second-order valence-electron chi connectivity index (χ2n) is 4.16. The van der Waals surface area contributed by atoms with Crippen molar-refractivity contribution in [2.75, 3.05) is 0 Å². The third-order valence-electron chi connectivity index (χ3n) is 1.87. The zero-order valence-corrected chi connectivity index (χ0v) is 8.56. The van der Waals surface area contributed by atoms with E-state index >= 15 is 0 Å². The molecule has 1 radical (unpaired) electrons. The molecule has 0 aliphatic heterocycles. The van der Waals surface area contributed by atoms with Crippen LogP contribution in [0.3, 0.4) is 0 Å². The van der Waals surface area contributed by atoms with Crippen LogP contribution in [-0.4, -0.2) is 0 Å². The molecule has 0 atom stereocenters. The van der Waals surface area contributed by atoms with Gasteiger partial charge in [-0.3, -0.25) is 0 Å². The van der Waals surface area contributed by atoms with Crippen LogP contribution < -0.4 is 0 Å². The summed E-state index contributed by atoms with van der Waals surface area (Å²) in [6.45, 7) is 9.10. The Kier molecular flexibility index (Phi) is 6.69. The van der Waals surface area contributed by atoms with Crippen LogP contribution in [0.1, 0.15) is 53.4 Å². The standard InChI is InChI=1S/C11H23/c1-10(2)8-6-5-7-9-11(3)4/h8,10-11H,5-7,9H2,1-4H3. The Balaban J connectivity index is 2.91. The fourth-order valence-corrected chi connectivity index (χ4v) is 1.15. The quantitative estimate of drug-likeness (QED) is 0.507. The first-order valence-corrected chi connectivity index (χ1v) is 4.96. The molecule has 0 aromatic rings. The predicted octanol–water partition coefficient (Wildman–Crippen LogP) is 4.06. The third-order valence-corrected chi connectivity index (χ3v) is 1.87. The van der Waals surface area contributed by atoms with E-state index in [0.29, 0.717) is 0 Å². The van der Waals surface area contributed by atoms with Gasteiger partial charge in [-0.2, -0.15) is 0 Å². The molecule has 0 aromatic carbocycles. The van der Waals surface area contributed by atoms with E-state index in [1.165, 1.54) is 25.7 Å². The number of hydrogen-bond donors (Lipinski definition) is 0. The van der Waals surface area contributed by atoms with E-state index in [2.05, 4.69) is 34.1 Å². The maximum absolute atomic E-state index is 2.42. The van der Waals surface area contributed by atoms with Crippen molar-refractivity contribution in [1.29, 1.82) is 0 Å². The van der Waals surface area contributed by atoms with E-state index in [4.69, 9.17) is 0 Å². The van der Waals surface area contributed by atoms with Gasteiger partial charge in [0.15, 0.2) is 0 Å². The van der Waals surface area contributed by atoms with Crippen molar-refractivity contribution < 1.29 is 0 Å². The molecule has 0 amide bonds. The Bertz CT molecular complexity index is 62.1. The summed E-state index contributed by atoms with van der Waals surface area (Å²) in [5.74, 6) is 1.66. The van der Waals surface area contributed by atoms with Crippen molar-refractivity contribution in [3.63, 3.8) is 0 Å². The minimum Gasteiger partial charge on any atom is -0.0628 e. The average Bonchev–Trinajstić information content (AvgIpc) is 1.85. The smallest absolute Gasteiger partial charge is 0.0360 e. The second-order valence-corrected chi connectivity index (χ2v) is 4.16. The van der Waals surface area contributed by atoms with E-state index in [0.717, 1.165) is 11.8 Å². The van der Waals surface area contributed by atoms with Crippen LogP contribution in [0, 0.1) is 18.3 Å². The molecular formula is C11H23. The van der Waals surface area contributed by atoms with Gasteiger partial charge in [0.2, 0.25) is 0 Å². The monoisotopic (exact) mass is 155 g/mol. The van der Waals surface area contributed by atoms with Crippen LogP contribution in [-0.2, 0) is 0 Å². The van der Waals surface area contributed by atoms with E-state index in [-0.39, 0.29) is 0 Å². The summed E-state index contributed by atoms with van der Waals surface area (Å²) in [4.78, 5) is 0. The molecular weight excluding hydrogens is 132 g/mol. The molecule has 0 rings (SSSR count). The van der Waals surface area contributed by atoms with Crippen molar-refractivity contribution in [2.45, 2.75) is 53.4 Å². The molecule has 0 aromatic heterocycles. The second kappa shape index (κ2) is 6.69. The predicted molar refractivity (Wildman–Crippen MR) is 52.4 cm³/mol. The highest BCUT2D eigenvalue weighted by atomic mass is 14.0. The molecule has 67 valence electrons.